The molecule has 6 nitrogen and oxygen atoms in total. The van der Waals surface area contributed by atoms with Crippen LogP contribution in [0.2, 0.25) is 0 Å². The van der Waals surface area contributed by atoms with E-state index in [2.05, 4.69) is 0 Å². The van der Waals surface area contributed by atoms with Gasteiger partial charge < -0.3 is 14.6 Å². The number of esters is 2. The summed E-state index contributed by atoms with van der Waals surface area (Å²) in [5.74, 6) is -3.55. The first-order chi connectivity index (χ1) is 8.54. The maximum Gasteiger partial charge on any atom is 0.316 e. The molecule has 1 heterocycles. The first kappa shape index (κ1) is 12.2. The Labute approximate surface area is 116 Å². The molecular weight excluding hydrogens is 355 g/mol. The standard InChI is InChI=1S/C11H11IO6/c12-2-5(13)17-8-3-1-4-7(6(3)10(14)15)11(16)18-9(4)8/h3-4,6-9H,1-2H2,(H,14,15). The van der Waals surface area contributed by atoms with Crippen LogP contribution in [0.3, 0.4) is 0 Å². The minimum absolute atomic E-state index is 0.101. The van der Waals surface area contributed by atoms with Crippen molar-refractivity contribution in [1.82, 2.24) is 0 Å². The lowest BCUT2D eigenvalue weighted by Crippen LogP contribution is -2.43. The lowest BCUT2D eigenvalue weighted by atomic mass is 9.78. The normalized spacial score (nSPS) is 43.9. The molecule has 0 amide bonds. The van der Waals surface area contributed by atoms with Gasteiger partial charge in [-0.2, -0.15) is 0 Å². The average Bonchev–Trinajstić information content (AvgIpc) is 2.91. The van der Waals surface area contributed by atoms with Gasteiger partial charge in [0.1, 0.15) is 12.2 Å². The number of aliphatic carboxylic acids is 1. The van der Waals surface area contributed by atoms with Crippen LogP contribution in [0, 0.1) is 23.7 Å². The van der Waals surface area contributed by atoms with E-state index >= 15 is 0 Å². The van der Waals surface area contributed by atoms with Crippen molar-refractivity contribution in [2.24, 2.45) is 23.7 Å². The topological polar surface area (TPSA) is 89.9 Å². The Kier molecular flexibility index (Phi) is 2.76. The molecule has 1 aliphatic heterocycles. The van der Waals surface area contributed by atoms with Gasteiger partial charge in [0, 0.05) is 11.8 Å². The van der Waals surface area contributed by atoms with Crippen LogP contribution in [0.25, 0.3) is 0 Å². The van der Waals surface area contributed by atoms with Gasteiger partial charge in [-0.25, -0.2) is 0 Å². The van der Waals surface area contributed by atoms with Gasteiger partial charge in [0.25, 0.3) is 0 Å². The number of ether oxygens (including phenoxy) is 2. The Morgan fingerprint density at radius 3 is 2.78 bits per heavy atom. The summed E-state index contributed by atoms with van der Waals surface area (Å²) >= 11 is 1.88. The molecular formula is C11H11IO6. The molecule has 6 unspecified atom stereocenters. The molecule has 18 heavy (non-hydrogen) atoms. The van der Waals surface area contributed by atoms with Gasteiger partial charge in [0.05, 0.1) is 16.3 Å². The predicted octanol–water partition coefficient (Wildman–Crippen LogP) is 0.225. The Bertz CT molecular complexity index is 435. The van der Waals surface area contributed by atoms with Crippen molar-refractivity contribution in [3.8, 4) is 0 Å². The van der Waals surface area contributed by atoms with E-state index in [1.54, 1.807) is 0 Å². The molecule has 1 N–H and O–H groups in total. The highest BCUT2D eigenvalue weighted by molar-refractivity contribution is 14.1. The van der Waals surface area contributed by atoms with Crippen LogP contribution in [-0.4, -0.2) is 39.6 Å². The van der Waals surface area contributed by atoms with Crippen LogP contribution in [0.4, 0.5) is 0 Å². The summed E-state index contributed by atoms with van der Waals surface area (Å²) in [6.07, 6.45) is -0.423. The summed E-state index contributed by atoms with van der Waals surface area (Å²) in [5, 5.41) is 9.23. The molecule has 3 fully saturated rings. The van der Waals surface area contributed by atoms with E-state index in [9.17, 15) is 19.5 Å². The fraction of sp³-hybridized carbons (Fsp3) is 0.727. The highest BCUT2D eigenvalue weighted by Gasteiger charge is 2.69. The summed E-state index contributed by atoms with van der Waals surface area (Å²) in [6, 6.07) is 0. The highest BCUT2D eigenvalue weighted by Crippen LogP contribution is 2.58. The molecule has 0 aromatic rings. The molecule has 0 aromatic carbocycles. The smallest absolute Gasteiger partial charge is 0.316 e. The minimum Gasteiger partial charge on any atom is -0.481 e. The van der Waals surface area contributed by atoms with E-state index in [1.165, 1.54) is 0 Å². The van der Waals surface area contributed by atoms with E-state index in [0.717, 1.165) is 0 Å². The largest absolute Gasteiger partial charge is 0.481 e. The van der Waals surface area contributed by atoms with Crippen molar-refractivity contribution < 1.29 is 29.0 Å². The Morgan fingerprint density at radius 1 is 1.44 bits per heavy atom. The van der Waals surface area contributed by atoms with Crippen LogP contribution in [0.15, 0.2) is 0 Å². The molecule has 2 saturated carbocycles. The van der Waals surface area contributed by atoms with Crippen LogP contribution < -0.4 is 0 Å². The number of carboxylic acid groups (broad SMARTS) is 1. The monoisotopic (exact) mass is 366 g/mol. The van der Waals surface area contributed by atoms with E-state index in [1.807, 2.05) is 22.6 Å². The average molecular weight is 366 g/mol. The van der Waals surface area contributed by atoms with Gasteiger partial charge in [-0.3, -0.25) is 14.4 Å². The molecule has 1 saturated heterocycles. The van der Waals surface area contributed by atoms with E-state index < -0.39 is 42.0 Å². The summed E-state index contributed by atoms with van der Waals surface area (Å²) in [7, 11) is 0. The van der Waals surface area contributed by atoms with Crippen LogP contribution >= 0.6 is 22.6 Å². The summed E-state index contributed by atoms with van der Waals surface area (Å²) in [4.78, 5) is 34.3. The van der Waals surface area contributed by atoms with Crippen molar-refractivity contribution in [3.05, 3.63) is 0 Å². The fourth-order valence-corrected chi connectivity index (χ4v) is 3.85. The van der Waals surface area contributed by atoms with Gasteiger partial charge in [0.2, 0.25) is 0 Å². The second-order valence-electron chi connectivity index (χ2n) is 4.94. The van der Waals surface area contributed by atoms with Crippen molar-refractivity contribution in [1.29, 1.82) is 0 Å². The number of fused-ring (bicyclic) bond motifs is 1. The first-order valence-electron chi connectivity index (χ1n) is 5.73. The van der Waals surface area contributed by atoms with E-state index in [4.69, 9.17) is 9.47 Å². The third kappa shape index (κ3) is 1.49. The molecule has 3 aliphatic rings. The number of alkyl halides is 1. The van der Waals surface area contributed by atoms with Crippen LogP contribution in [0.1, 0.15) is 6.42 Å². The second kappa shape index (κ2) is 4.07. The quantitative estimate of drug-likeness (QED) is 0.437. The molecule has 3 rings (SSSR count). The number of hydrogen-bond acceptors (Lipinski definition) is 5. The Hall–Kier alpha value is -0.860. The van der Waals surface area contributed by atoms with Crippen molar-refractivity contribution in [3.63, 3.8) is 0 Å². The summed E-state index contributed by atoms with van der Waals surface area (Å²) < 4.78 is 10.7. The maximum absolute atomic E-state index is 11.7. The summed E-state index contributed by atoms with van der Waals surface area (Å²) in [6.45, 7) is 0. The fourth-order valence-electron chi connectivity index (χ4n) is 3.67. The van der Waals surface area contributed by atoms with Gasteiger partial charge >= 0.3 is 17.9 Å². The molecule has 2 aliphatic carbocycles. The van der Waals surface area contributed by atoms with Gasteiger partial charge in [-0.15, -0.1) is 0 Å². The maximum atomic E-state index is 11.7. The highest BCUT2D eigenvalue weighted by atomic mass is 127. The number of carbonyl (C=O) groups is 3. The van der Waals surface area contributed by atoms with Crippen molar-refractivity contribution in [2.45, 2.75) is 18.6 Å². The molecule has 2 bridgehead atoms. The number of halogens is 1. The second-order valence-corrected chi connectivity index (χ2v) is 5.71. The molecule has 6 atom stereocenters. The number of hydrogen-bond donors (Lipinski definition) is 1. The molecule has 0 spiro atoms. The molecule has 98 valence electrons. The van der Waals surface area contributed by atoms with E-state index in [0.29, 0.717) is 6.42 Å². The van der Waals surface area contributed by atoms with Gasteiger partial charge in [-0.1, -0.05) is 22.6 Å². The first-order valence-corrected chi connectivity index (χ1v) is 7.26. The summed E-state index contributed by atoms with van der Waals surface area (Å²) in [5.41, 5.74) is 0. The SMILES string of the molecule is O=C(CI)OC1C2CC3C1OC(=O)C3C2C(=O)O. The lowest BCUT2D eigenvalue weighted by molar-refractivity contribution is -0.161. The zero-order chi connectivity index (χ0) is 13.0. The Morgan fingerprint density at radius 2 is 2.17 bits per heavy atom. The lowest BCUT2D eigenvalue weighted by Gasteiger charge is -2.28. The zero-order valence-electron chi connectivity index (χ0n) is 9.24. The van der Waals surface area contributed by atoms with Crippen LogP contribution in [0.5, 0.6) is 0 Å². The van der Waals surface area contributed by atoms with Crippen LogP contribution in [-0.2, 0) is 23.9 Å². The predicted molar refractivity (Wildman–Crippen MR) is 64.9 cm³/mol. The number of carbonyl (C=O) groups excluding carboxylic acids is 2. The minimum atomic E-state index is -1.000. The van der Waals surface area contributed by atoms with Crippen molar-refractivity contribution >= 4 is 40.5 Å². The number of rotatable bonds is 3. The van der Waals surface area contributed by atoms with Crippen molar-refractivity contribution in [2.75, 3.05) is 4.43 Å². The van der Waals surface area contributed by atoms with Gasteiger partial charge in [0.15, 0.2) is 0 Å². The van der Waals surface area contributed by atoms with E-state index in [-0.39, 0.29) is 16.3 Å². The third-order valence-corrected chi connectivity index (χ3v) is 4.83. The molecule has 0 aromatic heterocycles. The number of carboxylic acids is 1. The van der Waals surface area contributed by atoms with Gasteiger partial charge in [-0.05, 0) is 6.42 Å². The molecule has 7 heteroatoms. The third-order valence-electron chi connectivity index (χ3n) is 4.21. The molecule has 0 radical (unpaired) electrons. The zero-order valence-corrected chi connectivity index (χ0v) is 11.4. The Balaban J connectivity index is 1.89.